The van der Waals surface area contributed by atoms with Crippen molar-refractivity contribution in [1.82, 2.24) is 9.62 Å². The van der Waals surface area contributed by atoms with Crippen LogP contribution in [-0.4, -0.2) is 57.2 Å². The van der Waals surface area contributed by atoms with E-state index in [1.54, 1.807) is 0 Å². The molecule has 0 radical (unpaired) electrons. The molecule has 2 aliphatic rings. The van der Waals surface area contributed by atoms with Crippen LogP contribution in [0.2, 0.25) is 0 Å². The second-order valence-corrected chi connectivity index (χ2v) is 8.83. The van der Waals surface area contributed by atoms with Crippen molar-refractivity contribution in [1.29, 1.82) is 0 Å². The van der Waals surface area contributed by atoms with Gasteiger partial charge in [-0.05, 0) is 25.2 Å². The van der Waals surface area contributed by atoms with Gasteiger partial charge in [0.05, 0.1) is 12.4 Å². The molecule has 0 bridgehead atoms. The highest BCUT2D eigenvalue weighted by molar-refractivity contribution is 7.89. The Labute approximate surface area is 140 Å². The maximum absolute atomic E-state index is 12.1. The number of methoxy groups -OCH3 is 1. The van der Waals surface area contributed by atoms with E-state index in [-0.39, 0.29) is 24.3 Å². The SMILES string of the molecule is COCCS(=O)(=O)N1CCC(NC(=O)CCC2CCCC2)CC1. The molecule has 0 aromatic carbocycles. The van der Waals surface area contributed by atoms with Crippen molar-refractivity contribution in [2.45, 2.75) is 57.4 Å². The molecular weight excluding hydrogens is 316 g/mol. The van der Waals surface area contributed by atoms with Gasteiger partial charge in [-0.1, -0.05) is 25.7 Å². The summed E-state index contributed by atoms with van der Waals surface area (Å²) in [4.78, 5) is 12.0. The van der Waals surface area contributed by atoms with Gasteiger partial charge in [0.15, 0.2) is 0 Å². The summed E-state index contributed by atoms with van der Waals surface area (Å²) < 4.78 is 30.5. The van der Waals surface area contributed by atoms with Gasteiger partial charge in [0.2, 0.25) is 15.9 Å². The molecule has 0 atom stereocenters. The van der Waals surface area contributed by atoms with E-state index >= 15 is 0 Å². The number of piperidine rings is 1. The lowest BCUT2D eigenvalue weighted by Crippen LogP contribution is -2.47. The van der Waals surface area contributed by atoms with Crippen molar-refractivity contribution in [2.75, 3.05) is 32.6 Å². The van der Waals surface area contributed by atoms with Crippen molar-refractivity contribution in [3.05, 3.63) is 0 Å². The maximum atomic E-state index is 12.1. The van der Waals surface area contributed by atoms with Gasteiger partial charge in [0.25, 0.3) is 0 Å². The molecule has 1 amide bonds. The lowest BCUT2D eigenvalue weighted by molar-refractivity contribution is -0.122. The average molecular weight is 346 g/mol. The van der Waals surface area contributed by atoms with Gasteiger partial charge in [0.1, 0.15) is 0 Å². The van der Waals surface area contributed by atoms with E-state index in [0.717, 1.165) is 12.3 Å². The number of nitrogens with one attached hydrogen (secondary N) is 1. The molecule has 23 heavy (non-hydrogen) atoms. The van der Waals surface area contributed by atoms with Crippen LogP contribution in [0.1, 0.15) is 51.4 Å². The van der Waals surface area contributed by atoms with Crippen LogP contribution < -0.4 is 5.32 Å². The van der Waals surface area contributed by atoms with Crippen molar-refractivity contribution >= 4 is 15.9 Å². The molecule has 1 saturated carbocycles. The first kappa shape index (κ1) is 18.7. The number of sulfonamides is 1. The first-order valence-corrected chi connectivity index (χ1v) is 10.4. The summed E-state index contributed by atoms with van der Waals surface area (Å²) in [7, 11) is -1.72. The predicted molar refractivity (Wildman–Crippen MR) is 89.6 cm³/mol. The molecule has 1 N–H and O–H groups in total. The second-order valence-electron chi connectivity index (χ2n) is 6.74. The maximum Gasteiger partial charge on any atom is 0.220 e. The highest BCUT2D eigenvalue weighted by Crippen LogP contribution is 2.28. The Morgan fingerprint density at radius 2 is 1.83 bits per heavy atom. The summed E-state index contributed by atoms with van der Waals surface area (Å²) in [6.07, 6.45) is 8.15. The van der Waals surface area contributed by atoms with Crippen LogP contribution >= 0.6 is 0 Å². The van der Waals surface area contributed by atoms with Crippen LogP contribution in [0, 0.1) is 5.92 Å². The quantitative estimate of drug-likeness (QED) is 0.723. The Kier molecular flexibility index (Phi) is 7.30. The first-order valence-electron chi connectivity index (χ1n) is 8.77. The summed E-state index contributed by atoms with van der Waals surface area (Å²) in [5.74, 6) is 0.883. The highest BCUT2D eigenvalue weighted by Gasteiger charge is 2.28. The molecule has 0 aromatic heterocycles. The molecule has 1 aliphatic carbocycles. The minimum absolute atomic E-state index is 0.0297. The smallest absolute Gasteiger partial charge is 0.220 e. The number of amides is 1. The molecule has 2 fully saturated rings. The van der Waals surface area contributed by atoms with Crippen LogP contribution in [0.3, 0.4) is 0 Å². The zero-order chi connectivity index (χ0) is 16.7. The van der Waals surface area contributed by atoms with Crippen LogP contribution in [0.4, 0.5) is 0 Å². The molecule has 2 rings (SSSR count). The zero-order valence-corrected chi connectivity index (χ0v) is 14.9. The zero-order valence-electron chi connectivity index (χ0n) is 14.1. The predicted octanol–water partition coefficient (Wildman–Crippen LogP) is 1.51. The van der Waals surface area contributed by atoms with Gasteiger partial charge in [-0.25, -0.2) is 12.7 Å². The van der Waals surface area contributed by atoms with E-state index in [9.17, 15) is 13.2 Å². The fourth-order valence-electron chi connectivity index (χ4n) is 3.53. The Bertz CT molecular complexity index is 466. The van der Waals surface area contributed by atoms with Gasteiger partial charge in [-0.3, -0.25) is 4.79 Å². The Morgan fingerprint density at radius 1 is 1.17 bits per heavy atom. The number of carbonyl (C=O) groups is 1. The normalized spacial score (nSPS) is 21.6. The molecule has 134 valence electrons. The van der Waals surface area contributed by atoms with Gasteiger partial charge < -0.3 is 10.1 Å². The van der Waals surface area contributed by atoms with E-state index in [4.69, 9.17) is 4.74 Å². The molecule has 0 spiro atoms. The number of nitrogens with zero attached hydrogens (tertiary/aromatic N) is 1. The third-order valence-corrected chi connectivity index (χ3v) is 6.85. The first-order chi connectivity index (χ1) is 11.0. The van der Waals surface area contributed by atoms with E-state index in [0.29, 0.717) is 32.4 Å². The summed E-state index contributed by atoms with van der Waals surface area (Å²) in [5.41, 5.74) is 0. The van der Waals surface area contributed by atoms with Crippen molar-refractivity contribution in [3.63, 3.8) is 0 Å². The monoisotopic (exact) mass is 346 g/mol. The number of hydrogen-bond donors (Lipinski definition) is 1. The number of rotatable bonds is 8. The largest absolute Gasteiger partial charge is 0.384 e. The Morgan fingerprint density at radius 3 is 2.43 bits per heavy atom. The standard InChI is InChI=1S/C16H30N2O4S/c1-22-12-13-23(20,21)18-10-8-15(9-11-18)17-16(19)7-6-14-4-2-3-5-14/h14-15H,2-13H2,1H3,(H,17,19). The van der Waals surface area contributed by atoms with Crippen molar-refractivity contribution in [3.8, 4) is 0 Å². The van der Waals surface area contributed by atoms with Gasteiger partial charge >= 0.3 is 0 Å². The van der Waals surface area contributed by atoms with E-state index in [1.165, 1.54) is 37.1 Å². The third kappa shape index (κ3) is 6.04. The van der Waals surface area contributed by atoms with Gasteiger partial charge in [-0.2, -0.15) is 0 Å². The second kappa shape index (κ2) is 8.99. The van der Waals surface area contributed by atoms with Crippen LogP contribution in [-0.2, 0) is 19.6 Å². The summed E-state index contributed by atoms with van der Waals surface area (Å²) in [6, 6.07) is 0.111. The molecule has 1 saturated heterocycles. The molecule has 7 heteroatoms. The molecule has 1 heterocycles. The lowest BCUT2D eigenvalue weighted by Gasteiger charge is -2.31. The molecule has 1 aliphatic heterocycles. The van der Waals surface area contributed by atoms with E-state index in [1.807, 2.05) is 0 Å². The average Bonchev–Trinajstić information content (AvgIpc) is 3.05. The van der Waals surface area contributed by atoms with Crippen LogP contribution in [0.5, 0.6) is 0 Å². The Balaban J connectivity index is 1.66. The Hall–Kier alpha value is -0.660. The lowest BCUT2D eigenvalue weighted by atomic mass is 10.0. The van der Waals surface area contributed by atoms with Crippen LogP contribution in [0.25, 0.3) is 0 Å². The molecule has 6 nitrogen and oxygen atoms in total. The summed E-state index contributed by atoms with van der Waals surface area (Å²) in [5, 5.41) is 3.07. The molecule has 0 aromatic rings. The van der Waals surface area contributed by atoms with Crippen molar-refractivity contribution in [2.24, 2.45) is 5.92 Å². The fourth-order valence-corrected chi connectivity index (χ4v) is 4.93. The molecular formula is C16H30N2O4S. The summed E-state index contributed by atoms with van der Waals surface area (Å²) in [6.45, 7) is 1.19. The van der Waals surface area contributed by atoms with Gasteiger partial charge in [-0.15, -0.1) is 0 Å². The minimum Gasteiger partial charge on any atom is -0.384 e. The third-order valence-electron chi connectivity index (χ3n) is 5.01. The number of hydrogen-bond acceptors (Lipinski definition) is 4. The van der Waals surface area contributed by atoms with Crippen molar-refractivity contribution < 1.29 is 17.9 Å². The van der Waals surface area contributed by atoms with E-state index in [2.05, 4.69) is 5.32 Å². The van der Waals surface area contributed by atoms with Crippen LogP contribution in [0.15, 0.2) is 0 Å². The minimum atomic E-state index is -3.22. The summed E-state index contributed by atoms with van der Waals surface area (Å²) >= 11 is 0. The fraction of sp³-hybridized carbons (Fsp3) is 0.938. The number of carbonyl (C=O) groups excluding carboxylic acids is 1. The molecule has 0 unspecified atom stereocenters. The van der Waals surface area contributed by atoms with E-state index < -0.39 is 10.0 Å². The van der Waals surface area contributed by atoms with Gasteiger partial charge in [0, 0.05) is 32.7 Å². The number of ether oxygens (including phenoxy) is 1. The highest BCUT2D eigenvalue weighted by atomic mass is 32.2. The topological polar surface area (TPSA) is 75.7 Å².